The Kier molecular flexibility index (Phi) is 8.81. The molecular formula is C18H26ClN3O6S. The number of pyridine rings is 1. The maximum atomic E-state index is 12.9. The number of ether oxygens (including phenoxy) is 2. The van der Waals surface area contributed by atoms with Crippen LogP contribution in [0.15, 0.2) is 23.2 Å². The van der Waals surface area contributed by atoms with Gasteiger partial charge in [-0.1, -0.05) is 11.6 Å². The highest BCUT2D eigenvalue weighted by Crippen LogP contribution is 2.27. The van der Waals surface area contributed by atoms with Gasteiger partial charge in [0.2, 0.25) is 15.9 Å². The van der Waals surface area contributed by atoms with E-state index in [0.717, 1.165) is 0 Å². The molecule has 0 saturated carbocycles. The van der Waals surface area contributed by atoms with Crippen LogP contribution in [-0.2, 0) is 29.1 Å². The third-order valence-electron chi connectivity index (χ3n) is 4.65. The minimum atomic E-state index is -3.78. The lowest BCUT2D eigenvalue weighted by atomic mass is 9.96. The number of rotatable bonds is 9. The Morgan fingerprint density at radius 3 is 2.62 bits per heavy atom. The molecule has 162 valence electrons. The van der Waals surface area contributed by atoms with Gasteiger partial charge in [-0.2, -0.15) is 4.31 Å². The molecule has 0 aliphatic carbocycles. The molecular weight excluding hydrogens is 422 g/mol. The van der Waals surface area contributed by atoms with Gasteiger partial charge in [-0.05, 0) is 31.9 Å². The molecule has 11 heteroatoms. The molecule has 9 nitrogen and oxygen atoms in total. The Balaban J connectivity index is 2.03. The highest BCUT2D eigenvalue weighted by molar-refractivity contribution is 7.89. The predicted molar refractivity (Wildman–Crippen MR) is 106 cm³/mol. The van der Waals surface area contributed by atoms with Crippen molar-refractivity contribution in [2.24, 2.45) is 5.92 Å². The Morgan fingerprint density at radius 2 is 2.03 bits per heavy atom. The van der Waals surface area contributed by atoms with E-state index < -0.39 is 16.0 Å². The van der Waals surface area contributed by atoms with Gasteiger partial charge in [-0.25, -0.2) is 13.4 Å². The lowest BCUT2D eigenvalue weighted by Crippen LogP contribution is -2.46. The average molecular weight is 448 g/mol. The molecule has 1 fully saturated rings. The zero-order chi connectivity index (χ0) is 21.4. The topological polar surface area (TPSA) is 106 Å². The van der Waals surface area contributed by atoms with Crippen LogP contribution in [0.25, 0.3) is 0 Å². The highest BCUT2D eigenvalue weighted by atomic mass is 35.5. The smallest absolute Gasteiger partial charge is 0.325 e. The third-order valence-corrected chi connectivity index (χ3v) is 6.99. The maximum Gasteiger partial charge on any atom is 0.325 e. The highest BCUT2D eigenvalue weighted by Gasteiger charge is 2.35. The fraction of sp³-hybridized carbons (Fsp3) is 0.611. The molecule has 1 amide bonds. The van der Waals surface area contributed by atoms with Gasteiger partial charge >= 0.3 is 5.97 Å². The fourth-order valence-electron chi connectivity index (χ4n) is 3.14. The van der Waals surface area contributed by atoms with E-state index in [1.165, 1.54) is 34.6 Å². The van der Waals surface area contributed by atoms with E-state index in [-0.39, 0.29) is 61.3 Å². The number of nitrogens with zero attached hydrogens (tertiary/aromatic N) is 3. The average Bonchev–Trinajstić information content (AvgIpc) is 2.71. The van der Waals surface area contributed by atoms with Crippen LogP contribution in [0.1, 0.15) is 19.8 Å². The van der Waals surface area contributed by atoms with Gasteiger partial charge in [-0.3, -0.25) is 9.59 Å². The van der Waals surface area contributed by atoms with Gasteiger partial charge in [0.25, 0.3) is 0 Å². The molecule has 1 aliphatic heterocycles. The minimum Gasteiger partial charge on any atom is -0.465 e. The van der Waals surface area contributed by atoms with Gasteiger partial charge in [-0.15, -0.1) is 0 Å². The van der Waals surface area contributed by atoms with E-state index in [0.29, 0.717) is 12.8 Å². The summed E-state index contributed by atoms with van der Waals surface area (Å²) in [5, 5.41) is -0.0779. The molecule has 0 bridgehead atoms. The van der Waals surface area contributed by atoms with Crippen LogP contribution in [0.4, 0.5) is 0 Å². The van der Waals surface area contributed by atoms with Crippen molar-refractivity contribution < 1.29 is 27.5 Å². The van der Waals surface area contributed by atoms with Gasteiger partial charge in [0.15, 0.2) is 0 Å². The number of hydrogen-bond acceptors (Lipinski definition) is 7. The molecule has 1 aromatic rings. The number of esters is 1. The molecule has 1 aliphatic rings. The van der Waals surface area contributed by atoms with Crippen LogP contribution in [0.3, 0.4) is 0 Å². The van der Waals surface area contributed by atoms with Crippen molar-refractivity contribution in [2.45, 2.75) is 24.7 Å². The van der Waals surface area contributed by atoms with E-state index in [2.05, 4.69) is 4.98 Å². The molecule has 1 saturated heterocycles. The van der Waals surface area contributed by atoms with Crippen molar-refractivity contribution in [3.05, 3.63) is 23.5 Å². The lowest BCUT2D eigenvalue weighted by Gasteiger charge is -2.33. The minimum absolute atomic E-state index is 0.0459. The number of methoxy groups -OCH3 is 1. The summed E-state index contributed by atoms with van der Waals surface area (Å²) >= 11 is 5.94. The van der Waals surface area contributed by atoms with Gasteiger partial charge < -0.3 is 14.4 Å². The third kappa shape index (κ3) is 6.11. The first kappa shape index (κ1) is 23.5. The van der Waals surface area contributed by atoms with Crippen LogP contribution in [-0.4, -0.2) is 81.0 Å². The second-order valence-electron chi connectivity index (χ2n) is 6.53. The second-order valence-corrected chi connectivity index (χ2v) is 8.79. The normalized spacial score (nSPS) is 15.8. The molecule has 2 heterocycles. The summed E-state index contributed by atoms with van der Waals surface area (Å²) < 4.78 is 36.9. The van der Waals surface area contributed by atoms with Gasteiger partial charge in [0.1, 0.15) is 16.6 Å². The number of halogens is 1. The molecule has 29 heavy (non-hydrogen) atoms. The first-order chi connectivity index (χ1) is 13.8. The zero-order valence-corrected chi connectivity index (χ0v) is 18.1. The Labute approximate surface area is 176 Å². The summed E-state index contributed by atoms with van der Waals surface area (Å²) in [6.07, 6.45) is 2.12. The van der Waals surface area contributed by atoms with Crippen molar-refractivity contribution in [3.63, 3.8) is 0 Å². The van der Waals surface area contributed by atoms with Gasteiger partial charge in [0, 0.05) is 38.9 Å². The number of piperidine rings is 1. The summed E-state index contributed by atoms with van der Waals surface area (Å²) in [4.78, 5) is 29.9. The van der Waals surface area contributed by atoms with E-state index in [9.17, 15) is 18.0 Å². The number of hydrogen-bond donors (Lipinski definition) is 0. The fourth-order valence-corrected chi connectivity index (χ4v) is 5.03. The first-order valence-corrected chi connectivity index (χ1v) is 11.2. The van der Waals surface area contributed by atoms with Gasteiger partial charge in [0.05, 0.1) is 13.2 Å². The molecule has 1 aromatic heterocycles. The number of sulfonamides is 1. The van der Waals surface area contributed by atoms with E-state index in [4.69, 9.17) is 21.1 Å². The number of amides is 1. The van der Waals surface area contributed by atoms with Crippen LogP contribution >= 0.6 is 11.6 Å². The van der Waals surface area contributed by atoms with Crippen molar-refractivity contribution in [1.82, 2.24) is 14.2 Å². The summed E-state index contributed by atoms with van der Waals surface area (Å²) in [5.74, 6) is -1.06. The van der Waals surface area contributed by atoms with Crippen LogP contribution in [0.2, 0.25) is 5.15 Å². The molecule has 0 spiro atoms. The number of carbonyl (C=O) groups excluding carboxylic acids is 2. The SMILES string of the molecule is CCOC(=O)CN(CCOC)C(=O)C1CCN(S(=O)(=O)c2cccnc2Cl)CC1. The van der Waals surface area contributed by atoms with Crippen molar-refractivity contribution in [1.29, 1.82) is 0 Å². The summed E-state index contributed by atoms with van der Waals surface area (Å²) in [6, 6.07) is 2.92. The monoisotopic (exact) mass is 447 g/mol. The largest absolute Gasteiger partial charge is 0.465 e. The van der Waals surface area contributed by atoms with E-state index in [1.54, 1.807) is 6.92 Å². The molecule has 2 rings (SSSR count). The van der Waals surface area contributed by atoms with Crippen molar-refractivity contribution in [3.8, 4) is 0 Å². The standard InChI is InChI=1S/C18H26ClN3O6S/c1-3-28-16(23)13-21(11-12-27-2)18(24)14-6-9-22(10-7-14)29(25,26)15-5-4-8-20-17(15)19/h4-5,8,14H,3,6-7,9-13H2,1-2H3. The first-order valence-electron chi connectivity index (χ1n) is 9.35. The van der Waals surface area contributed by atoms with E-state index in [1.807, 2.05) is 0 Å². The molecule has 0 N–H and O–H groups in total. The maximum absolute atomic E-state index is 12.9. The predicted octanol–water partition coefficient (Wildman–Crippen LogP) is 1.17. The summed E-state index contributed by atoms with van der Waals surface area (Å²) in [7, 11) is -2.27. The number of aromatic nitrogens is 1. The van der Waals surface area contributed by atoms with Crippen molar-refractivity contribution in [2.75, 3.05) is 46.5 Å². The van der Waals surface area contributed by atoms with Crippen LogP contribution < -0.4 is 0 Å². The Hall–Kier alpha value is -1.75. The van der Waals surface area contributed by atoms with Crippen LogP contribution in [0, 0.1) is 5.92 Å². The quantitative estimate of drug-likeness (QED) is 0.413. The molecule has 0 atom stereocenters. The van der Waals surface area contributed by atoms with E-state index >= 15 is 0 Å². The molecule has 0 radical (unpaired) electrons. The lowest BCUT2D eigenvalue weighted by molar-refractivity contribution is -0.151. The zero-order valence-electron chi connectivity index (χ0n) is 16.5. The van der Waals surface area contributed by atoms with Crippen molar-refractivity contribution >= 4 is 33.5 Å². The molecule has 0 unspecified atom stereocenters. The second kappa shape index (κ2) is 10.9. The van der Waals surface area contributed by atoms with Crippen LogP contribution in [0.5, 0.6) is 0 Å². The summed E-state index contributed by atoms with van der Waals surface area (Å²) in [6.45, 7) is 2.70. The summed E-state index contributed by atoms with van der Waals surface area (Å²) in [5.41, 5.74) is 0. The molecule has 0 aromatic carbocycles. The number of carbonyl (C=O) groups is 2. The Bertz CT molecular complexity index is 812. The Morgan fingerprint density at radius 1 is 1.34 bits per heavy atom.